The van der Waals surface area contributed by atoms with Gasteiger partial charge in [0.1, 0.15) is 11.3 Å². The Labute approximate surface area is 152 Å². The van der Waals surface area contributed by atoms with Crippen LogP contribution in [0.25, 0.3) is 0 Å². The zero-order valence-corrected chi connectivity index (χ0v) is 15.6. The van der Waals surface area contributed by atoms with Crippen LogP contribution in [0.3, 0.4) is 0 Å². The summed E-state index contributed by atoms with van der Waals surface area (Å²) in [6.45, 7) is 4.16. The summed E-state index contributed by atoms with van der Waals surface area (Å²) >= 11 is 6.18. The molecule has 0 spiro atoms. The smallest absolute Gasteiger partial charge is 0.341 e. The Hall–Kier alpha value is -1.99. The average Bonchev–Trinajstić information content (AvgIpc) is 2.59. The van der Waals surface area contributed by atoms with E-state index in [-0.39, 0.29) is 28.4 Å². The second-order valence-electron chi connectivity index (χ2n) is 6.13. The van der Waals surface area contributed by atoms with E-state index in [4.69, 9.17) is 21.1 Å². The van der Waals surface area contributed by atoms with Gasteiger partial charge in [-0.2, -0.15) is 0 Å². The molecule has 2 unspecified atom stereocenters. The Morgan fingerprint density at radius 2 is 1.84 bits per heavy atom. The first-order valence-corrected chi connectivity index (χ1v) is 8.57. The summed E-state index contributed by atoms with van der Waals surface area (Å²) in [5.74, 6) is -0.294. The van der Waals surface area contributed by atoms with E-state index in [1.807, 2.05) is 5.01 Å². The fraction of sp³-hybridized carbons (Fsp3) is 0.529. The van der Waals surface area contributed by atoms with E-state index in [1.54, 1.807) is 0 Å². The molecule has 1 aliphatic heterocycles. The number of piperidine rings is 1. The third-order valence-electron chi connectivity index (χ3n) is 4.37. The van der Waals surface area contributed by atoms with E-state index in [1.165, 1.54) is 26.4 Å². The molecule has 1 saturated heterocycles. The van der Waals surface area contributed by atoms with Crippen LogP contribution in [0.1, 0.15) is 43.5 Å². The lowest BCUT2D eigenvalue weighted by Gasteiger charge is -2.38. The Kier molecular flexibility index (Phi) is 6.50. The van der Waals surface area contributed by atoms with Gasteiger partial charge in [-0.05, 0) is 32.8 Å². The van der Waals surface area contributed by atoms with Crippen LogP contribution < -0.4 is 15.5 Å². The lowest BCUT2D eigenvalue weighted by Crippen LogP contribution is -2.55. The van der Waals surface area contributed by atoms with Crippen LogP contribution in [0.2, 0.25) is 5.02 Å². The van der Waals surface area contributed by atoms with Crippen molar-refractivity contribution in [3.63, 3.8) is 0 Å². The fourth-order valence-corrected chi connectivity index (χ4v) is 3.21. The standard InChI is InChI=1S/C17H24ClN3O4/c1-10-6-5-7-11(2)21(10)20-17(23)19-14-9-15(24-3)12(8-13(14)18)16(22)25-4/h8-11H,5-7H2,1-4H3,(H2,19,20,23). The molecule has 2 amide bonds. The quantitative estimate of drug-likeness (QED) is 0.795. The van der Waals surface area contributed by atoms with Gasteiger partial charge in [0, 0.05) is 18.2 Å². The predicted octanol–water partition coefficient (Wildman–Crippen LogP) is 3.43. The van der Waals surface area contributed by atoms with Crippen LogP contribution in [-0.2, 0) is 4.74 Å². The molecule has 25 heavy (non-hydrogen) atoms. The summed E-state index contributed by atoms with van der Waals surface area (Å²) < 4.78 is 9.88. The second kappa shape index (κ2) is 8.40. The number of rotatable bonds is 4. The van der Waals surface area contributed by atoms with Crippen molar-refractivity contribution in [2.75, 3.05) is 19.5 Å². The van der Waals surface area contributed by atoms with Crippen LogP contribution in [0.5, 0.6) is 5.75 Å². The van der Waals surface area contributed by atoms with Crippen molar-refractivity contribution in [3.8, 4) is 5.75 Å². The van der Waals surface area contributed by atoms with Gasteiger partial charge in [0.2, 0.25) is 0 Å². The molecule has 138 valence electrons. The van der Waals surface area contributed by atoms with Crippen LogP contribution in [0.15, 0.2) is 12.1 Å². The molecule has 1 heterocycles. The number of hydrogen-bond donors (Lipinski definition) is 2. The minimum atomic E-state index is -0.564. The molecule has 2 atom stereocenters. The SMILES string of the molecule is COC(=O)c1cc(Cl)c(NC(=O)NN2C(C)CCCC2C)cc1OC. The molecule has 0 aromatic heterocycles. The molecule has 1 aromatic carbocycles. The first kappa shape index (κ1) is 19.3. The summed E-state index contributed by atoms with van der Waals surface area (Å²) in [4.78, 5) is 24.1. The zero-order valence-electron chi connectivity index (χ0n) is 14.9. The number of hydrogen-bond acceptors (Lipinski definition) is 5. The molecular weight excluding hydrogens is 346 g/mol. The topological polar surface area (TPSA) is 79.9 Å². The number of benzene rings is 1. The van der Waals surface area contributed by atoms with Crippen LogP contribution in [-0.4, -0.2) is 43.3 Å². The van der Waals surface area contributed by atoms with Gasteiger partial charge in [0.05, 0.1) is 24.9 Å². The summed E-state index contributed by atoms with van der Waals surface area (Å²) in [5.41, 5.74) is 3.41. The van der Waals surface area contributed by atoms with Crippen molar-refractivity contribution in [2.24, 2.45) is 0 Å². The molecular formula is C17H24ClN3O4. The first-order chi connectivity index (χ1) is 11.9. The molecule has 0 bridgehead atoms. The van der Waals surface area contributed by atoms with Gasteiger partial charge in [0.25, 0.3) is 0 Å². The van der Waals surface area contributed by atoms with E-state index in [0.29, 0.717) is 5.69 Å². The number of halogens is 1. The molecule has 0 aliphatic carbocycles. The fourth-order valence-electron chi connectivity index (χ4n) is 3.00. The van der Waals surface area contributed by atoms with Crippen molar-refractivity contribution in [3.05, 3.63) is 22.7 Å². The second-order valence-corrected chi connectivity index (χ2v) is 6.53. The van der Waals surface area contributed by atoms with Gasteiger partial charge < -0.3 is 14.8 Å². The number of ether oxygens (including phenoxy) is 2. The number of amides is 2. The minimum absolute atomic E-state index is 0.194. The van der Waals surface area contributed by atoms with E-state index in [0.717, 1.165) is 19.3 Å². The number of nitrogens with zero attached hydrogens (tertiary/aromatic N) is 1. The lowest BCUT2D eigenvalue weighted by atomic mass is 10.00. The Balaban J connectivity index is 2.13. The number of hydrazine groups is 1. The third kappa shape index (κ3) is 4.55. The maximum atomic E-state index is 12.3. The summed E-state index contributed by atoms with van der Waals surface area (Å²) in [6.07, 6.45) is 3.22. The first-order valence-electron chi connectivity index (χ1n) is 8.19. The van der Waals surface area contributed by atoms with Crippen LogP contribution in [0, 0.1) is 0 Å². The predicted molar refractivity (Wildman–Crippen MR) is 96.1 cm³/mol. The van der Waals surface area contributed by atoms with E-state index >= 15 is 0 Å². The molecule has 1 fully saturated rings. The summed E-state index contributed by atoms with van der Waals surface area (Å²) in [6, 6.07) is 3.04. The van der Waals surface area contributed by atoms with E-state index < -0.39 is 12.0 Å². The van der Waals surface area contributed by atoms with Gasteiger partial charge >= 0.3 is 12.0 Å². The molecule has 0 saturated carbocycles. The molecule has 1 aliphatic rings. The molecule has 8 heteroatoms. The van der Waals surface area contributed by atoms with Gasteiger partial charge in [-0.1, -0.05) is 18.0 Å². The highest BCUT2D eigenvalue weighted by atomic mass is 35.5. The third-order valence-corrected chi connectivity index (χ3v) is 4.68. The number of urea groups is 1. The normalized spacial score (nSPS) is 20.7. The van der Waals surface area contributed by atoms with Gasteiger partial charge in [0.15, 0.2) is 0 Å². The highest BCUT2D eigenvalue weighted by Gasteiger charge is 2.26. The number of nitrogens with one attached hydrogen (secondary N) is 2. The highest BCUT2D eigenvalue weighted by molar-refractivity contribution is 6.34. The number of esters is 1. The van der Waals surface area contributed by atoms with E-state index in [2.05, 4.69) is 24.6 Å². The summed E-state index contributed by atoms with van der Waals surface area (Å²) in [5, 5.41) is 4.87. The van der Waals surface area contributed by atoms with Crippen molar-refractivity contribution in [2.45, 2.75) is 45.2 Å². The van der Waals surface area contributed by atoms with E-state index in [9.17, 15) is 9.59 Å². The van der Waals surface area contributed by atoms with Crippen molar-refractivity contribution >= 4 is 29.3 Å². The molecule has 2 rings (SSSR count). The largest absolute Gasteiger partial charge is 0.496 e. The van der Waals surface area contributed by atoms with Gasteiger partial charge in [-0.3, -0.25) is 5.43 Å². The molecule has 1 aromatic rings. The van der Waals surface area contributed by atoms with Gasteiger partial charge in [-0.25, -0.2) is 14.6 Å². The number of methoxy groups -OCH3 is 2. The average molecular weight is 370 g/mol. The Morgan fingerprint density at radius 3 is 2.40 bits per heavy atom. The maximum absolute atomic E-state index is 12.3. The highest BCUT2D eigenvalue weighted by Crippen LogP contribution is 2.31. The van der Waals surface area contributed by atoms with Crippen LogP contribution >= 0.6 is 11.6 Å². The zero-order chi connectivity index (χ0) is 18.6. The van der Waals surface area contributed by atoms with Crippen LogP contribution in [0.4, 0.5) is 10.5 Å². The maximum Gasteiger partial charge on any atom is 0.341 e. The van der Waals surface area contributed by atoms with Crippen molar-refractivity contribution in [1.29, 1.82) is 0 Å². The lowest BCUT2D eigenvalue weighted by molar-refractivity contribution is 0.0597. The molecule has 0 radical (unpaired) electrons. The number of carbonyl (C=O) groups is 2. The van der Waals surface area contributed by atoms with Gasteiger partial charge in [-0.15, -0.1) is 0 Å². The van der Waals surface area contributed by atoms with Crippen molar-refractivity contribution in [1.82, 2.24) is 10.4 Å². The number of anilines is 1. The summed E-state index contributed by atoms with van der Waals surface area (Å²) in [7, 11) is 2.70. The Morgan fingerprint density at radius 1 is 1.20 bits per heavy atom. The van der Waals surface area contributed by atoms with Crippen molar-refractivity contribution < 1.29 is 19.1 Å². The minimum Gasteiger partial charge on any atom is -0.496 e. The molecule has 2 N–H and O–H groups in total. The number of carbonyl (C=O) groups excluding carboxylic acids is 2. The molecule has 7 nitrogen and oxygen atoms in total. The monoisotopic (exact) mass is 369 g/mol. The Bertz CT molecular complexity index is 643.